The number of benzene rings is 15. The molecule has 6 heterocycles. The Hall–Kier alpha value is -12.6. The summed E-state index contributed by atoms with van der Waals surface area (Å²) in [4.78, 5) is 0. The summed E-state index contributed by atoms with van der Waals surface area (Å²) in [6.07, 6.45) is 0. The van der Waals surface area contributed by atoms with E-state index < -0.39 is 167 Å². The Morgan fingerprint density at radius 1 is 0.297 bits per heavy atom. The van der Waals surface area contributed by atoms with Gasteiger partial charge in [-0.05, 0) is 154 Å². The van der Waals surface area contributed by atoms with Gasteiger partial charge in [0.05, 0.1) is 85.7 Å². The van der Waals surface area contributed by atoms with E-state index in [1.165, 1.54) is 33.4 Å². The van der Waals surface area contributed by atoms with Crippen molar-refractivity contribution in [1.29, 1.82) is 0 Å². The topological polar surface area (TPSA) is 19.7 Å². The van der Waals surface area contributed by atoms with Crippen molar-refractivity contribution in [1.82, 2.24) is 18.3 Å². The molecule has 474 valence electrons. The molecule has 0 spiro atoms. The zero-order chi connectivity index (χ0) is 86.2. The molecule has 0 fully saturated rings. The molecule has 0 N–H and O–H groups in total. The van der Waals surface area contributed by atoms with Crippen molar-refractivity contribution in [2.45, 2.75) is 26.2 Å². The van der Waals surface area contributed by atoms with Crippen molar-refractivity contribution in [3.05, 3.63) is 332 Å². The predicted molar refractivity (Wildman–Crippen MR) is 423 cm³/mol. The highest BCUT2D eigenvalue weighted by molar-refractivity contribution is 7.00. The lowest BCUT2D eigenvalue weighted by molar-refractivity contribution is 0.589. The molecule has 101 heavy (non-hydrogen) atoms. The van der Waals surface area contributed by atoms with E-state index in [-0.39, 0.29) is 122 Å². The van der Waals surface area contributed by atoms with Crippen molar-refractivity contribution in [3.8, 4) is 45.0 Å². The van der Waals surface area contributed by atoms with Crippen LogP contribution in [0.1, 0.15) is 56.5 Å². The van der Waals surface area contributed by atoms with Gasteiger partial charge in [-0.15, -0.1) is 0 Å². The van der Waals surface area contributed by atoms with Gasteiger partial charge in [-0.3, -0.25) is 0 Å². The van der Waals surface area contributed by atoms with Gasteiger partial charge in [0.25, 0.3) is 6.71 Å². The maximum atomic E-state index is 16.0. The van der Waals surface area contributed by atoms with E-state index in [9.17, 15) is 30.2 Å². The minimum atomic E-state index is -1.82. The largest absolute Gasteiger partial charge is 0.309 e. The van der Waals surface area contributed by atoms with Crippen molar-refractivity contribution in [2.24, 2.45) is 0 Å². The second-order valence-electron chi connectivity index (χ2n) is 26.7. The molecule has 0 unspecified atom stereocenters. The molecular formula is C94H61BF2N4. The van der Waals surface area contributed by atoms with Gasteiger partial charge in [0.2, 0.25) is 0 Å². The Kier molecular flexibility index (Phi) is 8.44. The first-order valence-corrected chi connectivity index (χ1v) is 33.1. The number of aromatic nitrogens is 4. The third-order valence-corrected chi connectivity index (χ3v) is 20.3. The van der Waals surface area contributed by atoms with E-state index in [2.05, 4.69) is 0 Å². The lowest BCUT2D eigenvalue weighted by atomic mass is 9.34. The number of hydrogen-bond donors (Lipinski definition) is 0. The van der Waals surface area contributed by atoms with Crippen molar-refractivity contribution < 1.29 is 38.9 Å². The molecule has 0 saturated carbocycles. The Bertz CT molecular complexity index is 7790. The van der Waals surface area contributed by atoms with E-state index >= 15 is 8.78 Å². The van der Waals surface area contributed by atoms with Gasteiger partial charge in [-0.2, -0.15) is 0 Å². The molecule has 7 heteroatoms. The molecule has 4 aromatic heterocycles. The molecule has 0 bridgehead atoms. The van der Waals surface area contributed by atoms with Crippen LogP contribution in [0.2, 0.25) is 0 Å². The van der Waals surface area contributed by atoms with Crippen LogP contribution in [0.3, 0.4) is 0 Å². The molecule has 19 aromatic rings. The quantitative estimate of drug-likeness (QED) is 0.157. The Morgan fingerprint density at radius 3 is 0.970 bits per heavy atom. The molecule has 0 saturated heterocycles. The highest BCUT2D eigenvalue weighted by Crippen LogP contribution is 2.48. The fraction of sp³-hybridized carbons (Fsp3) is 0.0426. The Morgan fingerprint density at radius 2 is 0.614 bits per heavy atom. The van der Waals surface area contributed by atoms with E-state index in [4.69, 9.17) is 0 Å². The summed E-state index contributed by atoms with van der Waals surface area (Å²) >= 11 is 0. The summed E-state index contributed by atoms with van der Waals surface area (Å²) in [5, 5.41) is 2.90. The molecule has 15 aromatic carbocycles. The summed E-state index contributed by atoms with van der Waals surface area (Å²) in [6, 6.07) is 36.2. The van der Waals surface area contributed by atoms with Gasteiger partial charge >= 0.3 is 0 Å². The molecular weight excluding hydrogens is 1230 g/mol. The van der Waals surface area contributed by atoms with Crippen LogP contribution < -0.4 is 16.4 Å². The van der Waals surface area contributed by atoms with E-state index in [1.54, 1.807) is 81.9 Å². The first-order chi connectivity index (χ1) is 58.8. The number of para-hydroxylation sites is 6. The van der Waals surface area contributed by atoms with Crippen molar-refractivity contribution in [2.75, 3.05) is 0 Å². The summed E-state index contributed by atoms with van der Waals surface area (Å²) in [6.45, 7) is 3.68. The van der Waals surface area contributed by atoms with E-state index in [1.807, 2.05) is 106 Å². The smallest absolute Gasteiger partial charge is 0.252 e. The van der Waals surface area contributed by atoms with Gasteiger partial charge in [0.15, 0.2) is 0 Å². The molecule has 0 atom stereocenters. The maximum Gasteiger partial charge on any atom is 0.252 e. The second-order valence-corrected chi connectivity index (χ2v) is 26.7. The molecule has 0 radical (unpaired) electrons. The van der Waals surface area contributed by atoms with Crippen LogP contribution >= 0.6 is 0 Å². The number of fused-ring (bicyclic) bond motifs is 24. The molecule has 2 aliphatic heterocycles. The van der Waals surface area contributed by atoms with Crippen LogP contribution in [0.4, 0.5) is 8.78 Å². The lowest BCUT2D eigenvalue weighted by Crippen LogP contribution is -2.60. The van der Waals surface area contributed by atoms with E-state index in [0.717, 1.165) is 0 Å². The van der Waals surface area contributed by atoms with Gasteiger partial charge < -0.3 is 18.3 Å². The monoisotopic (exact) mass is 1320 g/mol. The van der Waals surface area contributed by atoms with Crippen LogP contribution in [-0.4, -0.2) is 25.0 Å². The number of nitrogens with zero attached hydrogens (tertiary/aromatic N) is 4. The maximum absolute atomic E-state index is 16.0. The molecule has 21 rings (SSSR count). The second kappa shape index (κ2) is 21.5. The first kappa shape index (κ1) is 39.7. The summed E-state index contributed by atoms with van der Waals surface area (Å²) in [5.74, 6) is -1.19. The zero-order valence-electron chi connectivity index (χ0n) is 75.9. The van der Waals surface area contributed by atoms with Crippen molar-refractivity contribution in [3.63, 3.8) is 0 Å². The average Bonchev–Trinajstić information content (AvgIpc) is 1.57. The average molecular weight is 1320 g/mol. The summed E-state index contributed by atoms with van der Waals surface area (Å²) in [5.41, 5.74) is -2.10. The third-order valence-electron chi connectivity index (χ3n) is 20.3. The fourth-order valence-electron chi connectivity index (χ4n) is 16.1. The Labute approximate surface area is 611 Å². The van der Waals surface area contributed by atoms with Crippen LogP contribution in [0.5, 0.6) is 0 Å². The highest BCUT2D eigenvalue weighted by Gasteiger charge is 2.42. The molecule has 0 aliphatic carbocycles. The van der Waals surface area contributed by atoms with Crippen molar-refractivity contribution >= 4 is 153 Å². The molecule has 2 aliphatic rings. The minimum absolute atomic E-state index is 0.0257. The predicted octanol–water partition coefficient (Wildman–Crippen LogP) is 23.0. The normalized spacial score (nSPS) is 15.6. The summed E-state index contributed by atoms with van der Waals surface area (Å²) in [7, 11) is 0. The zero-order valence-corrected chi connectivity index (χ0v) is 53.9. The van der Waals surface area contributed by atoms with Crippen LogP contribution in [0, 0.1) is 11.6 Å². The Balaban J connectivity index is 1.17. The van der Waals surface area contributed by atoms with Crippen LogP contribution in [0.15, 0.2) is 315 Å². The standard InChI is InChI=1S/C94H61BF2N4/c1-94(2,3)58-54-85-89-86(55-58)101-91-62(57-44-48-60(97)49-45-57)35-21-37-76(91)68-27-7-5-23-64(68)66-25-9-11-33-74(66)88-84(99-81-40-18-14-30-71(81)72-31-15-19-41-82(72)99)53-51-78(93(88)101)95(89)77-50-52-83(98-79-38-16-12-28-69(79)70-29-13-17-39-80(70)98)87-73-32-10-8-24-65(73)63-22-4-6-26-67(63)75-36-20-34-61(90(75)100(85)92(77)87)56-42-46-59(96)47-43-56/h4-55H,1-3H3/i12D,13D,14D,15D,16D,17D,18D,19D,28D,29D,30D,31D,38D,39D,40D,41D,50D,51D,52D,53D,54D,55D. The highest BCUT2D eigenvalue weighted by atomic mass is 19.1. The third kappa shape index (κ3) is 8.17. The molecule has 0 amide bonds. The SMILES string of the molecule is [2H]c1c2c3c(c([2H])c1C(C)(C)C)-n1c4c(-c5ccc(F)cc5)cccc4c4ccccc4c4ccccc4c4c(-n5c6c([2H])c([2H])c([2H])c([2H])c6c6c([2H])c([2H])c([2H])c([2H])c65)c([2H])c([2H])c(c41)B3c1c([2H])c([2H])c(-n3c4c([2H])c([2H])c([2H])c([2H])c4c4c([2H])c([2H])c([2H])c([2H])c43)c3c4ccccc4c4ccccc4c4cccc(-c5ccc(F)cc5)c4n-2c13. The van der Waals surface area contributed by atoms with Crippen LogP contribution in [0.25, 0.3) is 175 Å². The van der Waals surface area contributed by atoms with Crippen LogP contribution in [-0.2, 0) is 5.41 Å². The van der Waals surface area contributed by atoms with Gasteiger partial charge in [-0.1, -0.05) is 263 Å². The minimum Gasteiger partial charge on any atom is -0.309 e. The summed E-state index contributed by atoms with van der Waals surface area (Å²) < 4.78 is 263. The first-order valence-electron chi connectivity index (χ1n) is 44.1. The number of hydrogen-bond acceptors (Lipinski definition) is 0. The molecule has 4 nitrogen and oxygen atoms in total. The van der Waals surface area contributed by atoms with E-state index in [0.29, 0.717) is 65.3 Å². The van der Waals surface area contributed by atoms with Gasteiger partial charge in [0.1, 0.15) is 11.6 Å². The number of halogens is 2. The fourth-order valence-corrected chi connectivity index (χ4v) is 16.1. The van der Waals surface area contributed by atoms with Gasteiger partial charge in [0, 0.05) is 65.6 Å². The lowest BCUT2D eigenvalue weighted by Gasteiger charge is -2.38. The van der Waals surface area contributed by atoms with Gasteiger partial charge in [-0.25, -0.2) is 8.78 Å². The number of rotatable bonds is 4.